The molecule has 0 saturated heterocycles. The van der Waals surface area contributed by atoms with Crippen molar-refractivity contribution in [3.63, 3.8) is 0 Å². The van der Waals surface area contributed by atoms with Gasteiger partial charge >= 0.3 is 0 Å². The van der Waals surface area contributed by atoms with Gasteiger partial charge in [-0.05, 0) is 37.6 Å². The number of aliphatic hydroxyl groups is 1. The molecule has 0 heterocycles. The zero-order valence-corrected chi connectivity index (χ0v) is 13.4. The van der Waals surface area contributed by atoms with Gasteiger partial charge in [0.05, 0.1) is 11.5 Å². The van der Waals surface area contributed by atoms with Gasteiger partial charge in [-0.1, -0.05) is 6.92 Å². The van der Waals surface area contributed by atoms with Crippen LogP contribution in [0.2, 0.25) is 0 Å². The van der Waals surface area contributed by atoms with E-state index in [9.17, 15) is 17.6 Å². The number of nitrogens with zero attached hydrogens (tertiary/aromatic N) is 1. The Hall–Kier alpha value is -1.51. The lowest BCUT2D eigenvalue weighted by atomic mass is 10.2. The molecule has 1 aromatic carbocycles. The highest BCUT2D eigenvalue weighted by atomic mass is 32.2. The number of rotatable bonds is 8. The van der Waals surface area contributed by atoms with Crippen molar-refractivity contribution in [2.24, 2.45) is 0 Å². The summed E-state index contributed by atoms with van der Waals surface area (Å²) in [5.41, 5.74) is 0. The Morgan fingerprint density at radius 1 is 1.32 bits per heavy atom. The van der Waals surface area contributed by atoms with Gasteiger partial charge in [-0.15, -0.1) is 0 Å². The molecule has 0 bridgehead atoms. The summed E-state index contributed by atoms with van der Waals surface area (Å²) in [7, 11) is -3.92. The first-order valence-electron chi connectivity index (χ1n) is 7.03. The molecule has 0 aromatic heterocycles. The Bertz CT molecular complexity index is 589. The lowest BCUT2D eigenvalue weighted by molar-refractivity contribution is -0.133. The second kappa shape index (κ2) is 8.21. The lowest BCUT2D eigenvalue weighted by Gasteiger charge is -2.25. The molecule has 0 aliphatic carbocycles. The maximum atomic E-state index is 12.9. The highest BCUT2D eigenvalue weighted by Gasteiger charge is 2.27. The van der Waals surface area contributed by atoms with Gasteiger partial charge in [0.1, 0.15) is 11.9 Å². The topological polar surface area (TPSA) is 86.7 Å². The van der Waals surface area contributed by atoms with Crippen LogP contribution >= 0.6 is 0 Å². The van der Waals surface area contributed by atoms with Crippen molar-refractivity contribution in [3.05, 3.63) is 30.1 Å². The fraction of sp³-hybridized carbons (Fsp3) is 0.500. The predicted molar refractivity (Wildman–Crippen MR) is 80.1 cm³/mol. The van der Waals surface area contributed by atoms with Crippen LogP contribution < -0.4 is 4.72 Å². The quantitative estimate of drug-likeness (QED) is 0.734. The zero-order chi connectivity index (χ0) is 16.8. The molecular formula is C14H21FN2O4S. The van der Waals surface area contributed by atoms with E-state index < -0.39 is 27.8 Å². The Morgan fingerprint density at radius 2 is 1.91 bits per heavy atom. The van der Waals surface area contributed by atoms with Gasteiger partial charge in [0.25, 0.3) is 0 Å². The summed E-state index contributed by atoms with van der Waals surface area (Å²) in [5.74, 6) is -0.938. The van der Waals surface area contributed by atoms with Gasteiger partial charge < -0.3 is 10.0 Å². The smallest absolute Gasteiger partial charge is 0.241 e. The minimum atomic E-state index is -3.92. The first-order valence-corrected chi connectivity index (χ1v) is 8.51. The molecule has 0 spiro atoms. The lowest BCUT2D eigenvalue weighted by Crippen LogP contribution is -2.48. The molecule has 22 heavy (non-hydrogen) atoms. The fourth-order valence-electron chi connectivity index (χ4n) is 1.94. The molecule has 0 fully saturated rings. The van der Waals surface area contributed by atoms with E-state index in [-0.39, 0.29) is 24.5 Å². The van der Waals surface area contributed by atoms with Crippen LogP contribution in [0.15, 0.2) is 29.2 Å². The second-order valence-corrected chi connectivity index (χ2v) is 6.39. The number of hydrogen-bond acceptors (Lipinski definition) is 4. The Morgan fingerprint density at radius 3 is 2.36 bits per heavy atom. The standard InChI is InChI=1S/C14H21FN2O4S/c1-3-13(14(19)17(4-2)9-10-18)16-22(20,21)12-7-5-11(15)6-8-12/h5-8,13,16,18H,3-4,9-10H2,1-2H3. The van der Waals surface area contributed by atoms with Crippen LogP contribution in [0.1, 0.15) is 20.3 Å². The third-order valence-electron chi connectivity index (χ3n) is 3.19. The van der Waals surface area contributed by atoms with Gasteiger partial charge in [0.2, 0.25) is 15.9 Å². The molecule has 0 aliphatic heterocycles. The third-order valence-corrected chi connectivity index (χ3v) is 4.68. The van der Waals surface area contributed by atoms with E-state index in [1.54, 1.807) is 13.8 Å². The summed E-state index contributed by atoms with van der Waals surface area (Å²) in [6.07, 6.45) is 0.265. The number of carbonyl (C=O) groups is 1. The number of halogens is 1. The van der Waals surface area contributed by atoms with E-state index in [1.165, 1.54) is 4.90 Å². The maximum absolute atomic E-state index is 12.9. The minimum absolute atomic E-state index is 0.106. The molecule has 1 unspecified atom stereocenters. The summed E-state index contributed by atoms with van der Waals surface area (Å²) in [5, 5.41) is 8.94. The van der Waals surface area contributed by atoms with E-state index >= 15 is 0 Å². The number of carbonyl (C=O) groups excluding carboxylic acids is 1. The maximum Gasteiger partial charge on any atom is 0.241 e. The number of amides is 1. The summed E-state index contributed by atoms with van der Waals surface area (Å²) >= 11 is 0. The molecule has 0 saturated carbocycles. The summed E-state index contributed by atoms with van der Waals surface area (Å²) in [4.78, 5) is 13.6. The third kappa shape index (κ3) is 4.75. The molecule has 6 nitrogen and oxygen atoms in total. The molecular weight excluding hydrogens is 311 g/mol. The highest BCUT2D eigenvalue weighted by Crippen LogP contribution is 2.12. The van der Waals surface area contributed by atoms with Crippen molar-refractivity contribution in [3.8, 4) is 0 Å². The van der Waals surface area contributed by atoms with Crippen LogP contribution in [-0.2, 0) is 14.8 Å². The Labute approximate surface area is 130 Å². The fourth-order valence-corrected chi connectivity index (χ4v) is 3.22. The van der Waals surface area contributed by atoms with Crippen LogP contribution in [0.3, 0.4) is 0 Å². The molecule has 1 amide bonds. The van der Waals surface area contributed by atoms with E-state index in [2.05, 4.69) is 4.72 Å². The van der Waals surface area contributed by atoms with Crippen molar-refractivity contribution in [2.45, 2.75) is 31.2 Å². The SMILES string of the molecule is CCC(NS(=O)(=O)c1ccc(F)cc1)C(=O)N(CC)CCO. The predicted octanol–water partition coefficient (Wildman–Crippen LogP) is 0.723. The van der Waals surface area contributed by atoms with Gasteiger partial charge in [0, 0.05) is 13.1 Å². The minimum Gasteiger partial charge on any atom is -0.395 e. The van der Waals surface area contributed by atoms with E-state index in [1.807, 2.05) is 0 Å². The van der Waals surface area contributed by atoms with E-state index in [0.717, 1.165) is 24.3 Å². The molecule has 1 atom stereocenters. The Balaban J connectivity index is 2.92. The van der Waals surface area contributed by atoms with Crippen molar-refractivity contribution in [2.75, 3.05) is 19.7 Å². The molecule has 1 aromatic rings. The van der Waals surface area contributed by atoms with E-state index in [0.29, 0.717) is 6.54 Å². The number of likely N-dealkylation sites (N-methyl/N-ethyl adjacent to an activating group) is 1. The second-order valence-electron chi connectivity index (χ2n) is 4.68. The summed E-state index contributed by atoms with van der Waals surface area (Å²) < 4.78 is 39.7. The number of aliphatic hydroxyl groups excluding tert-OH is 1. The van der Waals surface area contributed by atoms with Crippen LogP contribution in [0.4, 0.5) is 4.39 Å². The number of hydrogen-bond donors (Lipinski definition) is 2. The van der Waals surface area contributed by atoms with Crippen LogP contribution in [0, 0.1) is 5.82 Å². The Kier molecular flexibility index (Phi) is 6.92. The number of benzene rings is 1. The molecule has 0 aliphatic rings. The average molecular weight is 332 g/mol. The molecule has 8 heteroatoms. The monoisotopic (exact) mass is 332 g/mol. The average Bonchev–Trinajstić information content (AvgIpc) is 2.50. The van der Waals surface area contributed by atoms with E-state index in [4.69, 9.17) is 5.11 Å². The normalized spacial score (nSPS) is 12.9. The van der Waals surface area contributed by atoms with Gasteiger partial charge in [0.15, 0.2) is 0 Å². The zero-order valence-electron chi connectivity index (χ0n) is 12.6. The van der Waals surface area contributed by atoms with Crippen LogP contribution in [0.25, 0.3) is 0 Å². The summed E-state index contributed by atoms with van der Waals surface area (Å²) in [6.45, 7) is 3.75. The first-order chi connectivity index (χ1) is 10.4. The largest absolute Gasteiger partial charge is 0.395 e. The van der Waals surface area contributed by atoms with Crippen molar-refractivity contribution >= 4 is 15.9 Å². The van der Waals surface area contributed by atoms with Crippen molar-refractivity contribution in [1.82, 2.24) is 9.62 Å². The van der Waals surface area contributed by atoms with Gasteiger partial charge in [-0.2, -0.15) is 4.72 Å². The van der Waals surface area contributed by atoms with Crippen LogP contribution in [0.5, 0.6) is 0 Å². The van der Waals surface area contributed by atoms with Crippen LogP contribution in [-0.4, -0.2) is 50.1 Å². The molecule has 1 rings (SSSR count). The highest BCUT2D eigenvalue weighted by molar-refractivity contribution is 7.89. The van der Waals surface area contributed by atoms with Crippen molar-refractivity contribution < 1.29 is 22.7 Å². The van der Waals surface area contributed by atoms with Crippen molar-refractivity contribution in [1.29, 1.82) is 0 Å². The number of nitrogens with one attached hydrogen (secondary N) is 1. The molecule has 0 radical (unpaired) electrons. The first kappa shape index (κ1) is 18.5. The number of sulfonamides is 1. The van der Waals surface area contributed by atoms with Gasteiger partial charge in [-0.3, -0.25) is 4.79 Å². The molecule has 2 N–H and O–H groups in total. The van der Waals surface area contributed by atoms with Gasteiger partial charge in [-0.25, -0.2) is 12.8 Å². The molecule has 124 valence electrons. The summed E-state index contributed by atoms with van der Waals surface area (Å²) in [6, 6.07) is 3.44.